The van der Waals surface area contributed by atoms with E-state index in [0.717, 1.165) is 0 Å². The summed E-state index contributed by atoms with van der Waals surface area (Å²) in [7, 11) is 0. The maximum Gasteiger partial charge on any atom is 0.165 e. The molecule has 0 fully saturated rings. The van der Waals surface area contributed by atoms with Crippen molar-refractivity contribution in [2.75, 3.05) is 0 Å². The summed E-state index contributed by atoms with van der Waals surface area (Å²) in [5.74, 6) is -1.69. The number of phenols is 7. The van der Waals surface area contributed by atoms with Crippen LogP contribution in [0, 0.1) is 0 Å². The number of fused-ring (bicyclic) bond motifs is 1. The Labute approximate surface area is 205 Å². The molecule has 0 aliphatic carbocycles. The van der Waals surface area contributed by atoms with Gasteiger partial charge < -0.3 is 40.5 Å². The van der Waals surface area contributed by atoms with Crippen LogP contribution in [-0.4, -0.2) is 35.7 Å². The van der Waals surface area contributed by atoms with Gasteiger partial charge in [0.15, 0.2) is 23.0 Å². The molecule has 0 saturated heterocycles. The predicted molar refractivity (Wildman–Crippen MR) is 132 cm³/mol. The highest BCUT2D eigenvalue weighted by molar-refractivity contribution is 5.74. The SMILES string of the molecule is Oc1cc(O)cc(/C=C/c2cc(O)c3c(c2)[C@@H](c2cc(O)cc(O)c2)[C@H](c2ccc(O)c(O)c2)O3)c1. The van der Waals surface area contributed by atoms with Crippen LogP contribution in [0.2, 0.25) is 0 Å². The number of rotatable bonds is 4. The summed E-state index contributed by atoms with van der Waals surface area (Å²) in [5, 5.41) is 70.3. The van der Waals surface area contributed by atoms with E-state index in [2.05, 4.69) is 0 Å². The van der Waals surface area contributed by atoms with Gasteiger partial charge in [0.1, 0.15) is 29.1 Å². The molecule has 0 spiro atoms. The van der Waals surface area contributed by atoms with Gasteiger partial charge in [-0.2, -0.15) is 0 Å². The van der Waals surface area contributed by atoms with E-state index in [1.165, 1.54) is 54.6 Å². The van der Waals surface area contributed by atoms with Gasteiger partial charge in [-0.3, -0.25) is 0 Å². The molecule has 1 heterocycles. The molecule has 0 bridgehead atoms. The van der Waals surface area contributed by atoms with Gasteiger partial charge in [0, 0.05) is 17.7 Å². The first-order valence-electron chi connectivity index (χ1n) is 11.0. The number of hydrogen-bond donors (Lipinski definition) is 7. The third-order valence-corrected chi connectivity index (χ3v) is 6.01. The fourth-order valence-electron chi connectivity index (χ4n) is 4.51. The van der Waals surface area contributed by atoms with Crippen molar-refractivity contribution in [3.05, 3.63) is 94.5 Å². The summed E-state index contributed by atoms with van der Waals surface area (Å²) in [4.78, 5) is 0. The van der Waals surface area contributed by atoms with Gasteiger partial charge in [-0.05, 0) is 70.8 Å². The molecule has 0 amide bonds. The molecule has 2 atom stereocenters. The molecule has 0 unspecified atom stereocenters. The second-order valence-corrected chi connectivity index (χ2v) is 8.62. The predicted octanol–water partition coefficient (Wildman–Crippen LogP) is 5.06. The van der Waals surface area contributed by atoms with Gasteiger partial charge in [0.25, 0.3) is 0 Å². The molecular formula is C28H22O8. The highest BCUT2D eigenvalue weighted by atomic mass is 16.5. The summed E-state index contributed by atoms with van der Waals surface area (Å²) >= 11 is 0. The quantitative estimate of drug-likeness (QED) is 0.156. The lowest BCUT2D eigenvalue weighted by molar-refractivity contribution is 0.214. The molecule has 182 valence electrons. The topological polar surface area (TPSA) is 151 Å². The zero-order chi connectivity index (χ0) is 25.6. The van der Waals surface area contributed by atoms with Crippen LogP contribution in [0.15, 0.2) is 66.7 Å². The van der Waals surface area contributed by atoms with E-state index in [0.29, 0.717) is 27.8 Å². The molecular weight excluding hydrogens is 464 g/mol. The number of phenolic OH excluding ortho intramolecular Hbond substituents is 7. The Bertz CT molecular complexity index is 1470. The van der Waals surface area contributed by atoms with Crippen molar-refractivity contribution in [2.24, 2.45) is 0 Å². The van der Waals surface area contributed by atoms with Crippen LogP contribution < -0.4 is 4.74 Å². The fourth-order valence-corrected chi connectivity index (χ4v) is 4.51. The van der Waals surface area contributed by atoms with Crippen LogP contribution in [0.5, 0.6) is 46.0 Å². The maximum atomic E-state index is 10.8. The van der Waals surface area contributed by atoms with Crippen molar-refractivity contribution >= 4 is 12.2 Å². The largest absolute Gasteiger partial charge is 0.508 e. The van der Waals surface area contributed by atoms with Crippen LogP contribution in [0.4, 0.5) is 0 Å². The zero-order valence-electron chi connectivity index (χ0n) is 18.7. The highest BCUT2D eigenvalue weighted by Gasteiger charge is 2.39. The van der Waals surface area contributed by atoms with Gasteiger partial charge >= 0.3 is 0 Å². The van der Waals surface area contributed by atoms with Crippen LogP contribution in [0.3, 0.4) is 0 Å². The Balaban J connectivity index is 1.62. The molecule has 0 aromatic heterocycles. The molecule has 0 saturated carbocycles. The van der Waals surface area contributed by atoms with E-state index >= 15 is 0 Å². The summed E-state index contributed by atoms with van der Waals surface area (Å²) in [6, 6.07) is 15.8. The lowest BCUT2D eigenvalue weighted by Gasteiger charge is -2.21. The number of aromatic hydroxyl groups is 7. The minimum Gasteiger partial charge on any atom is -0.508 e. The van der Waals surface area contributed by atoms with Crippen molar-refractivity contribution in [3.8, 4) is 46.0 Å². The first-order chi connectivity index (χ1) is 17.2. The molecule has 36 heavy (non-hydrogen) atoms. The van der Waals surface area contributed by atoms with E-state index in [1.807, 2.05) is 0 Å². The van der Waals surface area contributed by atoms with Crippen molar-refractivity contribution < 1.29 is 40.5 Å². The molecule has 4 aromatic rings. The zero-order valence-corrected chi connectivity index (χ0v) is 18.7. The summed E-state index contributed by atoms with van der Waals surface area (Å²) < 4.78 is 6.12. The van der Waals surface area contributed by atoms with Crippen molar-refractivity contribution in [1.82, 2.24) is 0 Å². The molecule has 5 rings (SSSR count). The first kappa shape index (κ1) is 22.8. The van der Waals surface area contributed by atoms with Crippen LogP contribution in [0.1, 0.15) is 39.8 Å². The molecule has 1 aliphatic heterocycles. The molecule has 1 aliphatic rings. The molecule has 8 heteroatoms. The van der Waals surface area contributed by atoms with Crippen LogP contribution in [0.25, 0.3) is 12.2 Å². The van der Waals surface area contributed by atoms with E-state index in [1.54, 1.807) is 24.3 Å². The average Bonchev–Trinajstić information content (AvgIpc) is 3.18. The molecule has 0 radical (unpaired) electrons. The van der Waals surface area contributed by atoms with Crippen molar-refractivity contribution in [3.63, 3.8) is 0 Å². The number of ether oxygens (including phenoxy) is 1. The first-order valence-corrected chi connectivity index (χ1v) is 11.0. The Morgan fingerprint density at radius 1 is 0.528 bits per heavy atom. The highest BCUT2D eigenvalue weighted by Crippen LogP contribution is 2.54. The second kappa shape index (κ2) is 8.66. The monoisotopic (exact) mass is 486 g/mol. The second-order valence-electron chi connectivity index (χ2n) is 8.62. The van der Waals surface area contributed by atoms with Gasteiger partial charge in [-0.25, -0.2) is 0 Å². The maximum absolute atomic E-state index is 10.8. The third-order valence-electron chi connectivity index (χ3n) is 6.01. The molecule has 4 aromatic carbocycles. The molecule has 7 N–H and O–H groups in total. The van der Waals surface area contributed by atoms with Crippen molar-refractivity contribution in [2.45, 2.75) is 12.0 Å². The lowest BCUT2D eigenvalue weighted by Crippen LogP contribution is -2.11. The van der Waals surface area contributed by atoms with Gasteiger partial charge in [0.05, 0.1) is 5.92 Å². The van der Waals surface area contributed by atoms with E-state index in [-0.39, 0.29) is 46.0 Å². The number of hydrogen-bond acceptors (Lipinski definition) is 8. The van der Waals surface area contributed by atoms with E-state index < -0.39 is 12.0 Å². The molecule has 8 nitrogen and oxygen atoms in total. The Kier molecular flexibility index (Phi) is 5.49. The van der Waals surface area contributed by atoms with Crippen molar-refractivity contribution in [1.29, 1.82) is 0 Å². The Morgan fingerprint density at radius 3 is 1.72 bits per heavy atom. The van der Waals surface area contributed by atoms with E-state index in [4.69, 9.17) is 4.74 Å². The Hall–Kier alpha value is -4.98. The Morgan fingerprint density at radius 2 is 1.11 bits per heavy atom. The summed E-state index contributed by atoms with van der Waals surface area (Å²) in [5.41, 5.74) is 2.69. The summed E-state index contributed by atoms with van der Waals surface area (Å²) in [6.45, 7) is 0. The third kappa shape index (κ3) is 4.27. The van der Waals surface area contributed by atoms with E-state index in [9.17, 15) is 35.7 Å². The van der Waals surface area contributed by atoms with Crippen LogP contribution >= 0.6 is 0 Å². The van der Waals surface area contributed by atoms with Crippen LogP contribution in [-0.2, 0) is 0 Å². The minimum atomic E-state index is -0.763. The summed E-state index contributed by atoms with van der Waals surface area (Å²) in [6.07, 6.45) is 2.58. The smallest absolute Gasteiger partial charge is 0.165 e. The number of benzene rings is 4. The van der Waals surface area contributed by atoms with Gasteiger partial charge in [-0.15, -0.1) is 0 Å². The average molecular weight is 486 g/mol. The fraction of sp³-hybridized carbons (Fsp3) is 0.0714. The lowest BCUT2D eigenvalue weighted by atomic mass is 9.84. The van der Waals surface area contributed by atoms with Gasteiger partial charge in [0.2, 0.25) is 0 Å². The standard InChI is InChI=1S/C28H22O8/c29-18-5-14(6-19(30)12-18)1-2-15-7-22-26(17-9-20(31)13-21(32)10-17)27(36-28(22)25(35)8-15)16-3-4-23(33)24(34)11-16/h1-13,26-27,29-35H/b2-1+/t26-,27+/m1/s1. The normalized spacial score (nSPS) is 16.7. The van der Waals surface area contributed by atoms with Gasteiger partial charge in [-0.1, -0.05) is 18.2 Å². The minimum absolute atomic E-state index is 0.0939.